The Morgan fingerprint density at radius 3 is 3.13 bits per heavy atom. The Morgan fingerprint density at radius 1 is 1.57 bits per heavy atom. The number of likely N-dealkylation sites (tertiary alicyclic amines) is 1. The Morgan fingerprint density at radius 2 is 2.43 bits per heavy atom. The van der Waals surface area contributed by atoms with Crippen LogP contribution in [0.3, 0.4) is 0 Å². The van der Waals surface area contributed by atoms with E-state index in [1.807, 2.05) is 11.6 Å². The fourth-order valence-electron chi connectivity index (χ4n) is 2.80. The number of aromatic nitrogens is 3. The van der Waals surface area contributed by atoms with Crippen molar-refractivity contribution in [3.8, 4) is 0 Å². The maximum Gasteiger partial charge on any atom is 0.280 e. The predicted octanol–water partition coefficient (Wildman–Crippen LogP) is 2.24. The van der Waals surface area contributed by atoms with E-state index in [0.717, 1.165) is 44.0 Å². The third-order valence-electron chi connectivity index (χ3n) is 4.18. The molecule has 23 heavy (non-hydrogen) atoms. The molecule has 2 N–H and O–H groups in total. The van der Waals surface area contributed by atoms with E-state index in [-0.39, 0.29) is 5.91 Å². The van der Waals surface area contributed by atoms with Gasteiger partial charge in [0.25, 0.3) is 5.91 Å². The first-order valence-electron chi connectivity index (χ1n) is 8.05. The van der Waals surface area contributed by atoms with Gasteiger partial charge >= 0.3 is 0 Å². The normalized spacial score (nSPS) is 18.7. The molecule has 2 aromatic heterocycles. The molecule has 1 fully saturated rings. The molecule has 3 heterocycles. The monoisotopic (exact) mass is 333 g/mol. The van der Waals surface area contributed by atoms with Crippen molar-refractivity contribution >= 4 is 17.2 Å². The Hall–Kier alpha value is -1.73. The maximum absolute atomic E-state index is 12.2. The van der Waals surface area contributed by atoms with Gasteiger partial charge in [-0.2, -0.15) is 0 Å². The number of hydrogen-bond acceptors (Lipinski definition) is 5. The van der Waals surface area contributed by atoms with Gasteiger partial charge in [0, 0.05) is 36.9 Å². The average Bonchev–Trinajstić information content (AvgIpc) is 3.27. The first-order chi connectivity index (χ1) is 11.1. The van der Waals surface area contributed by atoms with Gasteiger partial charge in [-0.15, -0.1) is 11.3 Å². The van der Waals surface area contributed by atoms with E-state index in [4.69, 9.17) is 0 Å². The van der Waals surface area contributed by atoms with Crippen LogP contribution < -0.4 is 5.32 Å². The lowest BCUT2D eigenvalue weighted by Crippen LogP contribution is -2.31. The summed E-state index contributed by atoms with van der Waals surface area (Å²) in [4.78, 5) is 26.2. The quantitative estimate of drug-likeness (QED) is 0.850. The van der Waals surface area contributed by atoms with Gasteiger partial charge in [0.1, 0.15) is 0 Å². The molecule has 0 aliphatic carbocycles. The predicted molar refractivity (Wildman–Crippen MR) is 90.5 cm³/mol. The molecule has 1 unspecified atom stereocenters. The van der Waals surface area contributed by atoms with E-state index >= 15 is 0 Å². The Bertz CT molecular complexity index is 637. The summed E-state index contributed by atoms with van der Waals surface area (Å²) < 4.78 is 0. The minimum atomic E-state index is -0.0473. The van der Waals surface area contributed by atoms with Crippen molar-refractivity contribution in [2.45, 2.75) is 32.7 Å². The third-order valence-corrected chi connectivity index (χ3v) is 5.04. The molecule has 7 heteroatoms. The number of nitrogens with one attached hydrogen (secondary N) is 2. The molecule has 1 saturated heterocycles. The lowest BCUT2D eigenvalue weighted by molar-refractivity contribution is 0.0946. The number of carbonyl (C=O) groups excluding carboxylic acids is 1. The standard InChI is InChI=1S/C16H23N5OS/c1-11(2)14-9-23-16(20-14)15(22)18-5-12-3-4-21(7-12)8-13-6-17-10-19-13/h6,9-12H,3-5,7-8H2,1-2H3,(H,17,19)(H,18,22). The summed E-state index contributed by atoms with van der Waals surface area (Å²) in [5.74, 6) is 0.819. The molecule has 0 spiro atoms. The molecule has 6 nitrogen and oxygen atoms in total. The topological polar surface area (TPSA) is 73.9 Å². The highest BCUT2D eigenvalue weighted by molar-refractivity contribution is 7.11. The van der Waals surface area contributed by atoms with E-state index < -0.39 is 0 Å². The summed E-state index contributed by atoms with van der Waals surface area (Å²) in [5.41, 5.74) is 2.13. The molecule has 1 atom stereocenters. The molecular formula is C16H23N5OS. The molecule has 0 saturated carbocycles. The fraction of sp³-hybridized carbons (Fsp3) is 0.562. The summed E-state index contributed by atoms with van der Waals surface area (Å²) in [7, 11) is 0. The lowest BCUT2D eigenvalue weighted by Gasteiger charge is -2.15. The van der Waals surface area contributed by atoms with Gasteiger partial charge in [0.15, 0.2) is 5.01 Å². The Balaban J connectivity index is 1.44. The molecule has 1 aliphatic heterocycles. The Labute approximate surface area is 140 Å². The number of H-pyrrole nitrogens is 1. The lowest BCUT2D eigenvalue weighted by atomic mass is 10.1. The van der Waals surface area contributed by atoms with Crippen LogP contribution in [-0.2, 0) is 6.54 Å². The van der Waals surface area contributed by atoms with E-state index in [9.17, 15) is 4.79 Å². The van der Waals surface area contributed by atoms with Gasteiger partial charge in [0.05, 0.1) is 12.0 Å². The first kappa shape index (κ1) is 16.1. The summed E-state index contributed by atoms with van der Waals surface area (Å²) in [6.45, 7) is 7.86. The number of hydrogen-bond donors (Lipinski definition) is 2. The van der Waals surface area contributed by atoms with Crippen molar-refractivity contribution in [3.63, 3.8) is 0 Å². The molecule has 0 bridgehead atoms. The van der Waals surface area contributed by atoms with Gasteiger partial charge in [-0.25, -0.2) is 9.97 Å². The van der Waals surface area contributed by atoms with Gasteiger partial charge < -0.3 is 10.3 Å². The smallest absolute Gasteiger partial charge is 0.280 e. The van der Waals surface area contributed by atoms with E-state index in [1.54, 1.807) is 6.33 Å². The summed E-state index contributed by atoms with van der Waals surface area (Å²) in [6, 6.07) is 0. The van der Waals surface area contributed by atoms with Gasteiger partial charge in [-0.05, 0) is 24.8 Å². The van der Waals surface area contributed by atoms with Crippen molar-refractivity contribution in [3.05, 3.63) is 34.3 Å². The van der Waals surface area contributed by atoms with Crippen molar-refractivity contribution in [1.82, 2.24) is 25.2 Å². The van der Waals surface area contributed by atoms with Crippen molar-refractivity contribution in [2.24, 2.45) is 5.92 Å². The van der Waals surface area contributed by atoms with E-state index in [0.29, 0.717) is 16.8 Å². The van der Waals surface area contributed by atoms with Crippen LogP contribution in [0.5, 0.6) is 0 Å². The van der Waals surface area contributed by atoms with E-state index in [2.05, 4.69) is 39.0 Å². The number of imidazole rings is 1. The molecule has 0 aromatic carbocycles. The van der Waals surface area contributed by atoms with Crippen molar-refractivity contribution < 1.29 is 4.79 Å². The number of amides is 1. The molecule has 3 rings (SSSR count). The van der Waals surface area contributed by atoms with Crippen LogP contribution in [0, 0.1) is 5.92 Å². The summed E-state index contributed by atoms with van der Waals surface area (Å²) in [5, 5.41) is 5.58. The third kappa shape index (κ3) is 4.17. The highest BCUT2D eigenvalue weighted by Gasteiger charge is 2.23. The van der Waals surface area contributed by atoms with Gasteiger partial charge in [-0.1, -0.05) is 13.8 Å². The Kier molecular flexibility index (Phi) is 5.07. The highest BCUT2D eigenvalue weighted by atomic mass is 32.1. The summed E-state index contributed by atoms with van der Waals surface area (Å²) >= 11 is 1.43. The van der Waals surface area contributed by atoms with Gasteiger partial charge in [0.2, 0.25) is 0 Å². The summed E-state index contributed by atoms with van der Waals surface area (Å²) in [6.07, 6.45) is 4.69. The zero-order valence-electron chi connectivity index (χ0n) is 13.6. The van der Waals surface area contributed by atoms with Gasteiger partial charge in [-0.3, -0.25) is 9.69 Å². The number of aromatic amines is 1. The fourth-order valence-corrected chi connectivity index (χ4v) is 3.70. The van der Waals surface area contributed by atoms with Crippen LogP contribution in [0.25, 0.3) is 0 Å². The molecule has 2 aromatic rings. The first-order valence-corrected chi connectivity index (χ1v) is 8.93. The van der Waals surface area contributed by atoms with Crippen molar-refractivity contribution in [1.29, 1.82) is 0 Å². The van der Waals surface area contributed by atoms with Crippen LogP contribution in [0.4, 0.5) is 0 Å². The second-order valence-corrected chi connectivity index (χ2v) is 7.27. The number of rotatable bonds is 6. The van der Waals surface area contributed by atoms with Crippen molar-refractivity contribution in [2.75, 3.05) is 19.6 Å². The second kappa shape index (κ2) is 7.23. The number of thiazole rings is 1. The number of carbonyl (C=O) groups is 1. The minimum absolute atomic E-state index is 0.0473. The van der Waals surface area contributed by atoms with Crippen LogP contribution in [0.2, 0.25) is 0 Å². The number of nitrogens with zero attached hydrogens (tertiary/aromatic N) is 3. The molecule has 1 aliphatic rings. The average molecular weight is 333 g/mol. The zero-order chi connectivity index (χ0) is 16.2. The van der Waals surface area contributed by atoms with Crippen LogP contribution in [0.1, 0.15) is 47.4 Å². The minimum Gasteiger partial charge on any atom is -0.350 e. The van der Waals surface area contributed by atoms with E-state index in [1.165, 1.54) is 11.3 Å². The molecular weight excluding hydrogens is 310 g/mol. The van der Waals surface area contributed by atoms with Crippen LogP contribution in [0.15, 0.2) is 17.9 Å². The largest absolute Gasteiger partial charge is 0.350 e. The SMILES string of the molecule is CC(C)c1csc(C(=O)NCC2CCN(Cc3cnc[nH]3)C2)n1. The highest BCUT2D eigenvalue weighted by Crippen LogP contribution is 2.19. The zero-order valence-corrected chi connectivity index (χ0v) is 14.4. The van der Waals surface area contributed by atoms with Crippen LogP contribution >= 0.6 is 11.3 Å². The molecule has 0 radical (unpaired) electrons. The second-order valence-electron chi connectivity index (χ2n) is 6.41. The maximum atomic E-state index is 12.2. The molecule has 1 amide bonds. The van der Waals surface area contributed by atoms with Crippen LogP contribution in [-0.4, -0.2) is 45.4 Å². The molecule has 124 valence electrons.